The van der Waals surface area contributed by atoms with Crippen LogP contribution in [0.15, 0.2) is 0 Å². The smallest absolute Gasteiger partial charge is 0.151 e. The van der Waals surface area contributed by atoms with Crippen LogP contribution >= 0.6 is 46.5 Å². The summed E-state index contributed by atoms with van der Waals surface area (Å²) in [5.74, 6) is 7.27. The fraction of sp³-hybridized carbons (Fsp3) is 0.909. The zero-order chi connectivity index (χ0) is 11.6. The van der Waals surface area contributed by atoms with Crippen molar-refractivity contribution in [2.75, 3.05) is 34.5 Å². The molecule has 0 N–H and O–H groups in total. The molecule has 0 aromatic rings. The van der Waals surface area contributed by atoms with E-state index < -0.39 is 16.9 Å². The van der Waals surface area contributed by atoms with E-state index in [1.165, 1.54) is 48.7 Å². The molecule has 5 heteroatoms. The number of Topliss-reactive ketones (excluding diaryl/α,β-unsaturated/α-hetero) is 1. The van der Waals surface area contributed by atoms with Crippen LogP contribution in [0.1, 0.15) is 25.7 Å². The lowest BCUT2D eigenvalue weighted by Gasteiger charge is -2.31. The van der Waals surface area contributed by atoms with E-state index in [2.05, 4.69) is 29.6 Å². The fourth-order valence-electron chi connectivity index (χ4n) is 2.55. The van der Waals surface area contributed by atoms with E-state index in [0.29, 0.717) is 5.78 Å². The van der Waals surface area contributed by atoms with Gasteiger partial charge in [-0.2, -0.15) is 16.9 Å². The largest absolute Gasteiger partial charge is 0.298 e. The zero-order valence-electron chi connectivity index (χ0n) is 9.55. The Morgan fingerprint density at radius 3 is 1.44 bits per heavy atom. The number of carbonyl (C=O) groups is 1. The van der Waals surface area contributed by atoms with E-state index in [-0.39, 0.29) is 0 Å². The van der Waals surface area contributed by atoms with Gasteiger partial charge in [0, 0.05) is 11.5 Å². The Bertz CT molecular complexity index is 245. The maximum Gasteiger partial charge on any atom is 0.151 e. The summed E-state index contributed by atoms with van der Waals surface area (Å²) >= 11 is 7.74. The van der Waals surface area contributed by atoms with Gasteiger partial charge in [-0.15, -0.1) is 0 Å². The molecule has 0 amide bonds. The zero-order valence-corrected chi connectivity index (χ0v) is 14.4. The third-order valence-electron chi connectivity index (χ3n) is 3.38. The van der Waals surface area contributed by atoms with Gasteiger partial charge in [-0.25, -0.2) is 0 Å². The molecule has 2 fully saturated rings. The highest BCUT2D eigenvalue weighted by molar-refractivity contribution is 9.58. The van der Waals surface area contributed by atoms with Crippen LogP contribution in [-0.4, -0.2) is 40.3 Å². The van der Waals surface area contributed by atoms with Crippen molar-refractivity contribution < 1.29 is 4.79 Å². The van der Waals surface area contributed by atoms with Gasteiger partial charge in [0.15, 0.2) is 5.78 Å². The van der Waals surface area contributed by atoms with Crippen molar-refractivity contribution in [2.24, 2.45) is 0 Å². The van der Waals surface area contributed by atoms with Gasteiger partial charge in [0.1, 0.15) is 0 Å². The van der Waals surface area contributed by atoms with E-state index in [9.17, 15) is 4.79 Å². The molecule has 0 aliphatic carbocycles. The van der Waals surface area contributed by atoms with Gasteiger partial charge in [-0.05, 0) is 78.3 Å². The van der Waals surface area contributed by atoms with Crippen molar-refractivity contribution in [3.8, 4) is 0 Å². The number of rotatable bonds is 4. The summed E-state index contributed by atoms with van der Waals surface area (Å²) in [4.78, 5) is 12.1. The normalized spacial score (nSPS) is 31.1. The first kappa shape index (κ1) is 13.8. The molecule has 0 atom stereocenters. The molecule has 2 heterocycles. The molecule has 2 rings (SSSR count). The summed E-state index contributed by atoms with van der Waals surface area (Å²) in [6.07, 6.45) is 5.28. The van der Waals surface area contributed by atoms with E-state index in [1.807, 2.05) is 0 Å². The van der Waals surface area contributed by atoms with Crippen molar-refractivity contribution in [1.29, 1.82) is 0 Å². The number of halogens is 2. The van der Waals surface area contributed by atoms with Crippen LogP contribution < -0.4 is 0 Å². The first-order valence-corrected chi connectivity index (χ1v) is 13.9. The summed E-state index contributed by atoms with van der Waals surface area (Å²) in [5, 5.41) is 0. The van der Waals surface area contributed by atoms with E-state index >= 15 is 0 Å². The Morgan fingerprint density at radius 1 is 0.812 bits per heavy atom. The molecule has 96 valence electrons. The van der Waals surface area contributed by atoms with Gasteiger partial charge in [0.25, 0.3) is 0 Å². The highest BCUT2D eigenvalue weighted by atomic mass is 79.9. The Labute approximate surface area is 117 Å². The Kier molecular flexibility index (Phi) is 4.76. The molecule has 1 nitrogen and oxygen atoms in total. The predicted octanol–water partition coefficient (Wildman–Crippen LogP) is 4.37. The van der Waals surface area contributed by atoms with Crippen LogP contribution in [0, 0.1) is 0 Å². The van der Waals surface area contributed by atoms with Crippen LogP contribution in [0.2, 0.25) is 0 Å². The van der Waals surface area contributed by atoms with Crippen molar-refractivity contribution in [1.82, 2.24) is 0 Å². The molecule has 0 aromatic carbocycles. The average Bonchev–Trinajstić information content (AvgIpc) is 2.75. The molecule has 2 saturated heterocycles. The summed E-state index contributed by atoms with van der Waals surface area (Å²) in [7, 11) is -1.43. The molecule has 0 radical (unpaired) electrons. The molecule has 0 aromatic heterocycles. The number of hydrogen-bond donors (Lipinski definition) is 0. The third-order valence-corrected chi connectivity index (χ3v) is 14.4. The maximum atomic E-state index is 12.1. The van der Waals surface area contributed by atoms with Crippen molar-refractivity contribution in [3.05, 3.63) is 0 Å². The van der Waals surface area contributed by atoms with E-state index in [4.69, 9.17) is 0 Å². The predicted molar refractivity (Wildman–Crippen MR) is 85.7 cm³/mol. The van der Waals surface area contributed by atoms with Gasteiger partial charge >= 0.3 is 0 Å². The Morgan fingerprint density at radius 2 is 1.12 bits per heavy atom. The minimum atomic E-state index is -0.716. The second-order valence-electron chi connectivity index (χ2n) is 4.94. The standard InChI is InChI=1S/C11H20Br2OS2/c12-15(5-1-2-6-15)9-11(14)10-16(13)7-3-4-8-16/h1-10H2. The average molecular weight is 392 g/mol. The second kappa shape index (κ2) is 5.54. The number of ketones is 1. The quantitative estimate of drug-likeness (QED) is 0.695. The van der Waals surface area contributed by atoms with Gasteiger partial charge in [-0.1, -0.05) is 0 Å². The summed E-state index contributed by atoms with van der Waals surface area (Å²) in [6, 6.07) is 0. The molecular weight excluding hydrogens is 372 g/mol. The highest BCUT2D eigenvalue weighted by Gasteiger charge is 2.32. The van der Waals surface area contributed by atoms with Crippen LogP contribution in [0.3, 0.4) is 0 Å². The number of carbonyl (C=O) groups excluding carboxylic acids is 1. The molecule has 0 unspecified atom stereocenters. The number of hydrogen-bond acceptors (Lipinski definition) is 1. The van der Waals surface area contributed by atoms with Crippen LogP contribution in [0.4, 0.5) is 0 Å². The lowest BCUT2D eigenvalue weighted by Crippen LogP contribution is -2.18. The summed E-state index contributed by atoms with van der Waals surface area (Å²) in [6.45, 7) is 0. The molecule has 2 aliphatic rings. The van der Waals surface area contributed by atoms with Crippen LogP contribution in [0.25, 0.3) is 0 Å². The van der Waals surface area contributed by atoms with Crippen LogP contribution in [0.5, 0.6) is 0 Å². The van der Waals surface area contributed by atoms with Gasteiger partial charge in [-0.3, -0.25) is 4.79 Å². The monoisotopic (exact) mass is 390 g/mol. The van der Waals surface area contributed by atoms with E-state index in [1.54, 1.807) is 0 Å². The minimum absolute atomic E-state index is 0.516. The summed E-state index contributed by atoms with van der Waals surface area (Å²) in [5.41, 5.74) is 0. The van der Waals surface area contributed by atoms with Gasteiger partial charge < -0.3 is 0 Å². The lowest BCUT2D eigenvalue weighted by molar-refractivity contribution is -0.114. The molecule has 2 aliphatic heterocycles. The van der Waals surface area contributed by atoms with E-state index in [0.717, 1.165) is 11.5 Å². The second-order valence-corrected chi connectivity index (χ2v) is 19.1. The molecule has 0 bridgehead atoms. The van der Waals surface area contributed by atoms with Crippen molar-refractivity contribution >= 4 is 52.3 Å². The Hall–Kier alpha value is 1.33. The first-order valence-electron chi connectivity index (χ1n) is 5.95. The van der Waals surface area contributed by atoms with Crippen molar-refractivity contribution in [3.63, 3.8) is 0 Å². The third kappa shape index (κ3) is 3.66. The van der Waals surface area contributed by atoms with Crippen LogP contribution in [-0.2, 0) is 4.79 Å². The fourth-order valence-corrected chi connectivity index (χ4v) is 12.2. The molecule has 16 heavy (non-hydrogen) atoms. The minimum Gasteiger partial charge on any atom is -0.298 e. The molecule has 0 saturated carbocycles. The first-order chi connectivity index (χ1) is 7.52. The molecular formula is C11H20Br2OS2. The Balaban J connectivity index is 1.84. The highest BCUT2D eigenvalue weighted by Crippen LogP contribution is 2.63. The summed E-state index contributed by atoms with van der Waals surface area (Å²) < 4.78 is 0. The maximum absolute atomic E-state index is 12.1. The topological polar surface area (TPSA) is 17.1 Å². The van der Waals surface area contributed by atoms with Crippen molar-refractivity contribution in [2.45, 2.75) is 25.7 Å². The lowest BCUT2D eigenvalue weighted by atomic mass is 10.4. The van der Waals surface area contributed by atoms with Gasteiger partial charge in [0.05, 0.1) is 0 Å². The SMILES string of the molecule is O=C(CS1(Br)CCCC1)CS1(Br)CCCC1. The molecule has 0 spiro atoms. The van der Waals surface area contributed by atoms with Gasteiger partial charge in [0.2, 0.25) is 0 Å².